The predicted octanol–water partition coefficient (Wildman–Crippen LogP) is 0.942. The maximum Gasteiger partial charge on any atom is 0.0605 e. The van der Waals surface area contributed by atoms with Gasteiger partial charge in [-0.1, -0.05) is 13.8 Å². The van der Waals surface area contributed by atoms with Crippen LogP contribution >= 0.6 is 0 Å². The number of nitrogens with one attached hydrogen (secondary N) is 1. The molecule has 1 radical (unpaired) electrons. The van der Waals surface area contributed by atoms with E-state index in [1.54, 1.807) is 0 Å². The topological polar surface area (TPSA) is 33.0 Å². The molecule has 0 fully saturated rings. The maximum atomic E-state index is 6.72. The van der Waals surface area contributed by atoms with Crippen molar-refractivity contribution < 1.29 is 4.74 Å². The molecule has 0 bridgehead atoms. The summed E-state index contributed by atoms with van der Waals surface area (Å²) in [5.41, 5.74) is 6.72. The maximum absolute atomic E-state index is 6.72. The van der Waals surface area contributed by atoms with E-state index in [9.17, 15) is 0 Å². The quantitative estimate of drug-likeness (QED) is 0.503. The van der Waals surface area contributed by atoms with Gasteiger partial charge in [0.1, 0.15) is 0 Å². The lowest BCUT2D eigenvalue weighted by Crippen LogP contribution is -2.06. The molecule has 0 spiro atoms. The Kier molecular flexibility index (Phi) is 5.01. The molecule has 49 valence electrons. The summed E-state index contributed by atoms with van der Waals surface area (Å²) >= 11 is 0. The highest BCUT2D eigenvalue weighted by Gasteiger charge is 1.90. The number of hydrogen-bond acceptors (Lipinski definition) is 1. The van der Waals surface area contributed by atoms with Crippen molar-refractivity contribution in [1.29, 1.82) is 0 Å². The van der Waals surface area contributed by atoms with Crippen LogP contribution in [-0.2, 0) is 4.74 Å². The molecule has 2 heteroatoms. The molecule has 0 aliphatic heterocycles. The number of hydrogen-bond donors (Lipinski definition) is 0. The molecule has 0 amide bonds. The molecular weight excluding hydrogens is 102 g/mol. The van der Waals surface area contributed by atoms with E-state index >= 15 is 0 Å². The van der Waals surface area contributed by atoms with Crippen molar-refractivity contribution in [2.24, 2.45) is 5.92 Å². The van der Waals surface area contributed by atoms with Crippen LogP contribution < -0.4 is 5.73 Å². The Labute approximate surface area is 51.0 Å². The highest BCUT2D eigenvalue weighted by Crippen LogP contribution is 1.90. The second-order valence-corrected chi connectivity index (χ2v) is 2.22. The molecule has 8 heavy (non-hydrogen) atoms. The van der Waals surface area contributed by atoms with E-state index in [1.807, 2.05) is 0 Å². The van der Waals surface area contributed by atoms with Crippen LogP contribution in [0.2, 0.25) is 0 Å². The summed E-state index contributed by atoms with van der Waals surface area (Å²) in [6.45, 7) is 5.96. The first-order chi connectivity index (χ1) is 3.77. The average molecular weight is 116 g/mol. The summed E-state index contributed by atoms with van der Waals surface area (Å²) in [5.74, 6) is 0.599. The Morgan fingerprint density at radius 2 is 2.12 bits per heavy atom. The first kappa shape index (κ1) is 7.92. The monoisotopic (exact) mass is 116 g/mol. The average Bonchev–Trinajstić information content (AvgIpc) is 1.66. The van der Waals surface area contributed by atoms with E-state index in [-0.39, 0.29) is 0 Å². The Morgan fingerprint density at radius 3 is 2.50 bits per heavy atom. The Morgan fingerprint density at radius 1 is 1.50 bits per heavy atom. The van der Waals surface area contributed by atoms with Crippen LogP contribution in [0.1, 0.15) is 13.8 Å². The highest BCUT2D eigenvalue weighted by atomic mass is 16.5. The summed E-state index contributed by atoms with van der Waals surface area (Å²) in [6, 6.07) is 0. The molecule has 0 aromatic heterocycles. The molecular formula is C6H14NO. The van der Waals surface area contributed by atoms with Crippen molar-refractivity contribution in [3.63, 3.8) is 0 Å². The van der Waals surface area contributed by atoms with Crippen LogP contribution in [0.25, 0.3) is 0 Å². The zero-order valence-corrected chi connectivity index (χ0v) is 5.61. The molecule has 0 saturated carbocycles. The zero-order valence-electron chi connectivity index (χ0n) is 5.61. The molecule has 0 heterocycles. The minimum absolute atomic E-state index is 0.382. The highest BCUT2D eigenvalue weighted by molar-refractivity contribution is 4.38. The summed E-state index contributed by atoms with van der Waals surface area (Å²) in [6.07, 6.45) is 0. The van der Waals surface area contributed by atoms with Gasteiger partial charge in [0.25, 0.3) is 0 Å². The van der Waals surface area contributed by atoms with Crippen molar-refractivity contribution in [2.45, 2.75) is 13.8 Å². The van der Waals surface area contributed by atoms with Crippen molar-refractivity contribution >= 4 is 0 Å². The second-order valence-electron chi connectivity index (χ2n) is 2.22. The minimum Gasteiger partial charge on any atom is -0.380 e. The van der Waals surface area contributed by atoms with Gasteiger partial charge < -0.3 is 4.74 Å². The lowest BCUT2D eigenvalue weighted by atomic mass is 10.2. The standard InChI is InChI=1S/C6H14NO/c1-6(2)5-8-4-3-7/h6-7H,3-5H2,1-2H3. The van der Waals surface area contributed by atoms with E-state index in [2.05, 4.69) is 13.8 Å². The second kappa shape index (κ2) is 5.06. The molecule has 0 atom stereocenters. The molecule has 0 aromatic carbocycles. The number of ether oxygens (including phenoxy) is 1. The van der Waals surface area contributed by atoms with E-state index in [1.165, 1.54) is 0 Å². The third-order valence-electron chi connectivity index (χ3n) is 0.698. The van der Waals surface area contributed by atoms with Crippen LogP contribution in [0.4, 0.5) is 0 Å². The summed E-state index contributed by atoms with van der Waals surface area (Å²) in [5, 5.41) is 0. The van der Waals surface area contributed by atoms with Crippen LogP contribution in [0.3, 0.4) is 0 Å². The summed E-state index contributed by atoms with van der Waals surface area (Å²) in [4.78, 5) is 0. The zero-order chi connectivity index (χ0) is 6.41. The van der Waals surface area contributed by atoms with Gasteiger partial charge in [-0.2, -0.15) is 0 Å². The Bertz CT molecular complexity index is 45.8. The fraction of sp³-hybridized carbons (Fsp3) is 1.00. The fourth-order valence-electron chi connectivity index (χ4n) is 0.391. The van der Waals surface area contributed by atoms with Gasteiger partial charge in [0.15, 0.2) is 0 Å². The van der Waals surface area contributed by atoms with Crippen molar-refractivity contribution in [1.82, 2.24) is 5.73 Å². The lowest BCUT2D eigenvalue weighted by Gasteiger charge is -2.03. The normalized spacial score (nSPS) is 10.5. The molecule has 1 N–H and O–H groups in total. The van der Waals surface area contributed by atoms with E-state index in [4.69, 9.17) is 10.5 Å². The summed E-state index contributed by atoms with van der Waals surface area (Å²) < 4.78 is 5.06. The molecule has 0 rings (SSSR count). The largest absolute Gasteiger partial charge is 0.380 e. The molecule has 0 unspecified atom stereocenters. The molecule has 0 aliphatic carbocycles. The summed E-state index contributed by atoms with van der Waals surface area (Å²) in [7, 11) is 0. The third kappa shape index (κ3) is 5.92. The van der Waals surface area contributed by atoms with E-state index < -0.39 is 0 Å². The SMILES string of the molecule is CC(C)COCC[NH]. The Hall–Kier alpha value is -0.0800. The van der Waals surface area contributed by atoms with E-state index in [0.717, 1.165) is 6.61 Å². The molecule has 0 saturated heterocycles. The van der Waals surface area contributed by atoms with Gasteiger partial charge >= 0.3 is 0 Å². The Balaban J connectivity index is 2.72. The van der Waals surface area contributed by atoms with Gasteiger partial charge in [0.05, 0.1) is 6.61 Å². The van der Waals surface area contributed by atoms with Gasteiger partial charge in [-0.3, -0.25) is 5.73 Å². The van der Waals surface area contributed by atoms with Gasteiger partial charge in [-0.05, 0) is 5.92 Å². The van der Waals surface area contributed by atoms with Crippen LogP contribution in [0.15, 0.2) is 0 Å². The van der Waals surface area contributed by atoms with E-state index in [0.29, 0.717) is 19.1 Å². The lowest BCUT2D eigenvalue weighted by molar-refractivity contribution is 0.116. The first-order valence-electron chi connectivity index (χ1n) is 2.99. The predicted molar refractivity (Wildman–Crippen MR) is 33.6 cm³/mol. The van der Waals surface area contributed by atoms with Gasteiger partial charge in [-0.15, -0.1) is 0 Å². The third-order valence-corrected chi connectivity index (χ3v) is 0.698. The van der Waals surface area contributed by atoms with Crippen LogP contribution in [0, 0.1) is 5.92 Å². The van der Waals surface area contributed by atoms with Gasteiger partial charge in [0.2, 0.25) is 0 Å². The van der Waals surface area contributed by atoms with Gasteiger partial charge in [-0.25, -0.2) is 0 Å². The fourth-order valence-corrected chi connectivity index (χ4v) is 0.391. The van der Waals surface area contributed by atoms with Crippen molar-refractivity contribution in [3.05, 3.63) is 0 Å². The molecule has 2 nitrogen and oxygen atoms in total. The van der Waals surface area contributed by atoms with Gasteiger partial charge in [0, 0.05) is 13.2 Å². The first-order valence-corrected chi connectivity index (χ1v) is 2.99. The van der Waals surface area contributed by atoms with Crippen LogP contribution in [0.5, 0.6) is 0 Å². The van der Waals surface area contributed by atoms with Crippen LogP contribution in [-0.4, -0.2) is 19.8 Å². The number of rotatable bonds is 4. The van der Waals surface area contributed by atoms with Crippen molar-refractivity contribution in [2.75, 3.05) is 19.8 Å². The smallest absolute Gasteiger partial charge is 0.0605 e. The molecule has 0 aliphatic rings. The minimum atomic E-state index is 0.382. The molecule has 0 aromatic rings. The van der Waals surface area contributed by atoms with Crippen molar-refractivity contribution in [3.8, 4) is 0 Å².